The van der Waals surface area contributed by atoms with Crippen molar-refractivity contribution in [2.75, 3.05) is 0 Å². The van der Waals surface area contributed by atoms with Gasteiger partial charge in [-0.15, -0.1) is 0 Å². The first-order chi connectivity index (χ1) is 8.72. The van der Waals surface area contributed by atoms with Crippen LogP contribution < -0.4 is 21.2 Å². The van der Waals surface area contributed by atoms with Gasteiger partial charge in [-0.1, -0.05) is 38.5 Å². The molecule has 0 aromatic carbocycles. The summed E-state index contributed by atoms with van der Waals surface area (Å²) in [5, 5.41) is 8.98. The molecule has 2 aliphatic carbocycles. The smallest absolute Gasteiger partial charge is 0.270 e. The summed E-state index contributed by atoms with van der Waals surface area (Å²) in [6.07, 6.45) is 11.9. The van der Waals surface area contributed by atoms with E-state index in [9.17, 15) is 4.57 Å². The summed E-state index contributed by atoms with van der Waals surface area (Å²) < 4.78 is 12.7. The van der Waals surface area contributed by atoms with Gasteiger partial charge in [0.05, 0.1) is 0 Å². The Morgan fingerprint density at radius 3 is 1.50 bits per heavy atom. The zero-order valence-corrected chi connectivity index (χ0v) is 12.1. The molecule has 0 spiro atoms. The van der Waals surface area contributed by atoms with Crippen LogP contribution in [0.1, 0.15) is 64.2 Å². The lowest BCUT2D eigenvalue weighted by atomic mass is 9.96. The van der Waals surface area contributed by atoms with Crippen LogP contribution in [-0.4, -0.2) is 12.1 Å². The van der Waals surface area contributed by atoms with E-state index in [0.29, 0.717) is 12.1 Å². The van der Waals surface area contributed by atoms with Gasteiger partial charge in [0.1, 0.15) is 0 Å². The minimum absolute atomic E-state index is 0.344. The minimum atomic E-state index is -2.81. The number of nitrogens with one attached hydrogen (secondary N) is 3. The first kappa shape index (κ1) is 14.5. The lowest BCUT2D eigenvalue weighted by Gasteiger charge is -2.32. The third-order valence-corrected chi connectivity index (χ3v) is 5.94. The Bertz CT molecular complexity index is 264. The van der Waals surface area contributed by atoms with E-state index in [1.165, 1.54) is 38.5 Å². The molecule has 0 aromatic heterocycles. The van der Waals surface area contributed by atoms with Crippen molar-refractivity contribution in [1.82, 2.24) is 15.4 Å². The summed E-state index contributed by atoms with van der Waals surface area (Å²) in [5.74, 6) is 5.50. The Balaban J connectivity index is 1.85. The van der Waals surface area contributed by atoms with E-state index in [-0.39, 0.29) is 0 Å². The molecule has 0 atom stereocenters. The second-order valence-corrected chi connectivity index (χ2v) is 7.66. The molecule has 2 rings (SSSR count). The first-order valence-electron chi connectivity index (χ1n) is 7.35. The van der Waals surface area contributed by atoms with Gasteiger partial charge in [0.2, 0.25) is 0 Å². The molecule has 5 nitrogen and oxygen atoms in total. The standard InChI is InChI=1S/C12H27N4OP/c13-16-18(17,14-11-7-3-1-4-8-11)15-12-9-5-2-6-10-12/h11-12H,1-10,13H2,(H3,14,15,16,17). The second-order valence-electron chi connectivity index (χ2n) is 5.67. The first-order valence-corrected chi connectivity index (χ1v) is 9.06. The lowest BCUT2D eigenvalue weighted by molar-refractivity contribution is 0.386. The molecule has 2 aliphatic rings. The highest BCUT2D eigenvalue weighted by Crippen LogP contribution is 2.35. The molecule has 0 saturated heterocycles. The molecule has 18 heavy (non-hydrogen) atoms. The van der Waals surface area contributed by atoms with E-state index in [1.807, 2.05) is 0 Å². The quantitative estimate of drug-likeness (QED) is 0.352. The van der Waals surface area contributed by atoms with Crippen LogP contribution in [0.15, 0.2) is 0 Å². The van der Waals surface area contributed by atoms with Gasteiger partial charge in [0.25, 0.3) is 7.59 Å². The number of rotatable bonds is 5. The zero-order chi connectivity index (χ0) is 12.8. The van der Waals surface area contributed by atoms with Crippen LogP contribution >= 0.6 is 7.59 Å². The van der Waals surface area contributed by atoms with Gasteiger partial charge < -0.3 is 0 Å². The van der Waals surface area contributed by atoms with Gasteiger partial charge in [-0.3, -0.25) is 10.4 Å². The maximum atomic E-state index is 12.7. The number of nitrogens with two attached hydrogens (primary N) is 1. The Kier molecular flexibility index (Phi) is 5.64. The number of hydrazine groups is 1. The lowest BCUT2D eigenvalue weighted by Crippen LogP contribution is -2.44. The van der Waals surface area contributed by atoms with Crippen molar-refractivity contribution < 1.29 is 4.57 Å². The maximum Gasteiger partial charge on any atom is 0.292 e. The highest BCUT2D eigenvalue weighted by molar-refractivity contribution is 7.57. The van der Waals surface area contributed by atoms with Gasteiger partial charge in [-0.25, -0.2) is 10.2 Å². The third kappa shape index (κ3) is 4.32. The molecule has 0 radical (unpaired) electrons. The zero-order valence-electron chi connectivity index (χ0n) is 11.2. The molecular formula is C12H27N4OP. The van der Waals surface area contributed by atoms with Gasteiger partial charge in [0.15, 0.2) is 0 Å². The largest absolute Gasteiger partial charge is 0.292 e. The predicted molar refractivity (Wildman–Crippen MR) is 74.9 cm³/mol. The molecule has 6 heteroatoms. The highest BCUT2D eigenvalue weighted by atomic mass is 31.2. The van der Waals surface area contributed by atoms with Crippen molar-refractivity contribution in [3.8, 4) is 0 Å². The average molecular weight is 274 g/mol. The van der Waals surface area contributed by atoms with Crippen molar-refractivity contribution in [2.45, 2.75) is 76.3 Å². The van der Waals surface area contributed by atoms with E-state index in [1.54, 1.807) is 0 Å². The Morgan fingerprint density at radius 2 is 1.17 bits per heavy atom. The topological polar surface area (TPSA) is 79.2 Å². The summed E-state index contributed by atoms with van der Waals surface area (Å²) in [5.41, 5.74) is 0. The van der Waals surface area contributed by atoms with Crippen LogP contribution in [0.25, 0.3) is 0 Å². The van der Waals surface area contributed by atoms with Crippen molar-refractivity contribution in [2.24, 2.45) is 5.84 Å². The van der Waals surface area contributed by atoms with Gasteiger partial charge >= 0.3 is 0 Å². The highest BCUT2D eigenvalue weighted by Gasteiger charge is 2.28. The second kappa shape index (κ2) is 7.01. The van der Waals surface area contributed by atoms with E-state index in [0.717, 1.165) is 25.7 Å². The monoisotopic (exact) mass is 274 g/mol. The van der Waals surface area contributed by atoms with Crippen LogP contribution in [0.4, 0.5) is 0 Å². The fraction of sp³-hybridized carbons (Fsp3) is 1.00. The molecule has 0 aliphatic heterocycles. The molecule has 106 valence electrons. The van der Waals surface area contributed by atoms with E-state index in [4.69, 9.17) is 5.84 Å². The van der Waals surface area contributed by atoms with Crippen molar-refractivity contribution in [3.05, 3.63) is 0 Å². The predicted octanol–water partition coefficient (Wildman–Crippen LogP) is 2.40. The fourth-order valence-corrected chi connectivity index (χ4v) is 4.86. The van der Waals surface area contributed by atoms with Crippen LogP contribution in [0.2, 0.25) is 0 Å². The molecular weight excluding hydrogens is 247 g/mol. The van der Waals surface area contributed by atoms with Crippen molar-refractivity contribution >= 4 is 7.59 Å². The molecule has 2 saturated carbocycles. The van der Waals surface area contributed by atoms with Crippen LogP contribution in [0.5, 0.6) is 0 Å². The van der Waals surface area contributed by atoms with Crippen LogP contribution in [0.3, 0.4) is 0 Å². The Labute approximate surface area is 110 Å². The van der Waals surface area contributed by atoms with Gasteiger partial charge in [-0.2, -0.15) is 5.20 Å². The maximum absolute atomic E-state index is 12.7. The molecule has 0 heterocycles. The SMILES string of the molecule is NNP(=O)(NC1CCCCC1)NC1CCCCC1. The van der Waals surface area contributed by atoms with E-state index >= 15 is 0 Å². The summed E-state index contributed by atoms with van der Waals surface area (Å²) in [6, 6.07) is 0.688. The normalized spacial score (nSPS) is 24.3. The van der Waals surface area contributed by atoms with Crippen molar-refractivity contribution in [3.63, 3.8) is 0 Å². The molecule has 0 bridgehead atoms. The molecule has 2 fully saturated rings. The molecule has 0 amide bonds. The fourth-order valence-electron chi connectivity index (χ4n) is 3.09. The van der Waals surface area contributed by atoms with Crippen LogP contribution in [-0.2, 0) is 4.57 Å². The van der Waals surface area contributed by atoms with Crippen LogP contribution in [0, 0.1) is 0 Å². The molecule has 5 N–H and O–H groups in total. The minimum Gasteiger partial charge on any atom is -0.270 e. The van der Waals surface area contributed by atoms with E-state index < -0.39 is 7.59 Å². The summed E-state index contributed by atoms with van der Waals surface area (Å²) in [7, 11) is -2.81. The summed E-state index contributed by atoms with van der Waals surface area (Å²) in [4.78, 5) is 0. The number of hydrogen-bond donors (Lipinski definition) is 4. The third-order valence-electron chi connectivity index (χ3n) is 4.12. The molecule has 0 aromatic rings. The van der Waals surface area contributed by atoms with Gasteiger partial charge in [0, 0.05) is 12.1 Å². The Hall–Kier alpha value is 0.0700. The van der Waals surface area contributed by atoms with Crippen molar-refractivity contribution in [1.29, 1.82) is 0 Å². The number of hydrogen-bond acceptors (Lipinski definition) is 2. The Morgan fingerprint density at radius 1 is 0.778 bits per heavy atom. The average Bonchev–Trinajstić information content (AvgIpc) is 2.41. The summed E-state index contributed by atoms with van der Waals surface area (Å²) in [6.45, 7) is 0. The summed E-state index contributed by atoms with van der Waals surface area (Å²) >= 11 is 0. The molecule has 0 unspecified atom stereocenters. The van der Waals surface area contributed by atoms with Gasteiger partial charge in [-0.05, 0) is 25.7 Å². The van der Waals surface area contributed by atoms with E-state index in [2.05, 4.69) is 15.4 Å².